The molecule has 0 fully saturated rings. The van der Waals surface area contributed by atoms with Crippen molar-refractivity contribution in [1.29, 1.82) is 0 Å². The van der Waals surface area contributed by atoms with Crippen molar-refractivity contribution in [3.63, 3.8) is 0 Å². The second-order valence-corrected chi connectivity index (χ2v) is 3.72. The molecule has 0 heterocycles. The van der Waals surface area contributed by atoms with Gasteiger partial charge in [0.1, 0.15) is 5.78 Å². The van der Waals surface area contributed by atoms with Crippen LogP contribution < -0.4 is 11.1 Å². The first-order valence-corrected chi connectivity index (χ1v) is 5.98. The normalized spacial score (nSPS) is 10.4. The highest BCUT2D eigenvalue weighted by molar-refractivity contribution is 7.81. The fraction of sp³-hybridized carbons (Fsp3) is 0.900. The average Bonchev–Trinajstić information content (AvgIpc) is 2.21. The van der Waals surface area contributed by atoms with Gasteiger partial charge in [-0.1, -0.05) is 6.42 Å². The lowest BCUT2D eigenvalue weighted by atomic mass is 10.1. The van der Waals surface area contributed by atoms with Crippen molar-refractivity contribution >= 4 is 18.4 Å². The molecule has 0 aliphatic heterocycles. The Kier molecular flexibility index (Phi) is 11.0. The molecule has 0 aliphatic carbocycles. The number of carbonyl (C=O) groups excluding carboxylic acids is 1. The van der Waals surface area contributed by atoms with E-state index in [1.165, 1.54) is 0 Å². The van der Waals surface area contributed by atoms with Gasteiger partial charge < -0.3 is 11.1 Å². The van der Waals surface area contributed by atoms with Crippen LogP contribution in [0.4, 0.5) is 0 Å². The van der Waals surface area contributed by atoms with E-state index >= 15 is 0 Å². The lowest BCUT2D eigenvalue weighted by Crippen LogP contribution is -2.19. The fourth-order valence-corrected chi connectivity index (χ4v) is 1.34. The molecule has 0 atom stereocenters. The number of rotatable bonds is 10. The third-order valence-electron chi connectivity index (χ3n) is 2.04. The minimum absolute atomic E-state index is 0.254. The predicted molar refractivity (Wildman–Crippen MR) is 63.9 cm³/mol. The highest BCUT2D eigenvalue weighted by Gasteiger charge is 1.97. The van der Waals surface area contributed by atoms with E-state index in [1.807, 2.05) is 0 Å². The zero-order valence-corrected chi connectivity index (χ0v) is 9.69. The molecule has 3 nitrogen and oxygen atoms in total. The summed E-state index contributed by atoms with van der Waals surface area (Å²) in [4.78, 5) is 10.9. The smallest absolute Gasteiger partial charge is 0.142 e. The molecule has 0 aromatic heterocycles. The minimum Gasteiger partial charge on any atom is -0.330 e. The molecule has 3 N–H and O–H groups in total. The number of hydrogen-bond donors (Lipinski definition) is 3. The number of unbranched alkanes of at least 4 members (excludes halogenated alkanes) is 2. The van der Waals surface area contributed by atoms with Crippen molar-refractivity contribution < 1.29 is 4.79 Å². The number of Topliss-reactive ketones (excluding diaryl/α,β-unsaturated/α-hetero) is 1. The average molecular weight is 218 g/mol. The molecule has 14 heavy (non-hydrogen) atoms. The first-order valence-electron chi connectivity index (χ1n) is 5.34. The third-order valence-corrected chi connectivity index (χ3v) is 2.40. The lowest BCUT2D eigenvalue weighted by molar-refractivity contribution is -0.116. The maximum atomic E-state index is 10.9. The van der Waals surface area contributed by atoms with E-state index < -0.39 is 0 Å². The van der Waals surface area contributed by atoms with Crippen LogP contribution in [-0.2, 0) is 4.79 Å². The molecule has 0 aliphatic rings. The molecule has 0 bridgehead atoms. The number of hydrogen-bond acceptors (Lipinski definition) is 4. The van der Waals surface area contributed by atoms with Crippen molar-refractivity contribution in [3.8, 4) is 0 Å². The van der Waals surface area contributed by atoms with Gasteiger partial charge in [0.2, 0.25) is 0 Å². The monoisotopic (exact) mass is 218 g/mol. The quantitative estimate of drug-likeness (QED) is 0.378. The van der Waals surface area contributed by atoms with Crippen LogP contribution in [0.2, 0.25) is 0 Å². The van der Waals surface area contributed by atoms with E-state index in [1.54, 1.807) is 0 Å². The SMILES string of the molecule is NCCCNCCCCCC(=O)CS. The van der Waals surface area contributed by atoms with Crippen LogP contribution in [0.5, 0.6) is 0 Å². The zero-order chi connectivity index (χ0) is 10.6. The molecular formula is C10H22N2OS. The Morgan fingerprint density at radius 1 is 1.14 bits per heavy atom. The number of carbonyl (C=O) groups is 1. The molecule has 0 saturated carbocycles. The highest BCUT2D eigenvalue weighted by Crippen LogP contribution is 2.00. The summed E-state index contributed by atoms with van der Waals surface area (Å²) in [6.45, 7) is 2.80. The molecule has 4 heteroatoms. The first-order chi connectivity index (χ1) is 6.81. The molecule has 0 aromatic rings. The Hall–Kier alpha value is -0.0600. The van der Waals surface area contributed by atoms with Crippen molar-refractivity contribution in [2.24, 2.45) is 5.73 Å². The number of nitrogens with one attached hydrogen (secondary N) is 1. The van der Waals surface area contributed by atoms with Crippen LogP contribution in [0.15, 0.2) is 0 Å². The zero-order valence-electron chi connectivity index (χ0n) is 8.80. The van der Waals surface area contributed by atoms with E-state index in [9.17, 15) is 4.79 Å². The first kappa shape index (κ1) is 13.9. The number of nitrogens with two attached hydrogens (primary N) is 1. The van der Waals surface area contributed by atoms with Gasteiger partial charge in [-0.15, -0.1) is 0 Å². The standard InChI is InChI=1S/C10H22N2OS/c11-6-4-8-12-7-3-1-2-5-10(13)9-14/h12,14H,1-9,11H2. The number of thiol groups is 1. The summed E-state index contributed by atoms with van der Waals surface area (Å²) in [5.74, 6) is 0.638. The van der Waals surface area contributed by atoms with E-state index in [0.29, 0.717) is 12.2 Å². The van der Waals surface area contributed by atoms with Gasteiger partial charge in [0.15, 0.2) is 0 Å². The molecule has 0 saturated heterocycles. The Bertz CT molecular complexity index is 142. The van der Waals surface area contributed by atoms with E-state index in [0.717, 1.165) is 45.3 Å². The maximum absolute atomic E-state index is 10.9. The Labute approximate surface area is 92.2 Å². The van der Waals surface area contributed by atoms with Gasteiger partial charge in [-0.3, -0.25) is 4.79 Å². The van der Waals surface area contributed by atoms with Gasteiger partial charge in [-0.2, -0.15) is 12.6 Å². The van der Waals surface area contributed by atoms with Gasteiger partial charge in [-0.05, 0) is 38.9 Å². The van der Waals surface area contributed by atoms with Crippen molar-refractivity contribution in [1.82, 2.24) is 5.32 Å². The largest absolute Gasteiger partial charge is 0.330 e. The van der Waals surface area contributed by atoms with Crippen LogP contribution in [0.3, 0.4) is 0 Å². The van der Waals surface area contributed by atoms with Crippen molar-refractivity contribution in [2.45, 2.75) is 32.1 Å². The minimum atomic E-state index is 0.254. The molecular weight excluding hydrogens is 196 g/mol. The van der Waals surface area contributed by atoms with Crippen molar-refractivity contribution in [3.05, 3.63) is 0 Å². The van der Waals surface area contributed by atoms with E-state index in [2.05, 4.69) is 17.9 Å². The second-order valence-electron chi connectivity index (χ2n) is 3.40. The van der Waals surface area contributed by atoms with Crippen LogP contribution in [0.25, 0.3) is 0 Å². The Morgan fingerprint density at radius 3 is 2.50 bits per heavy atom. The fourth-order valence-electron chi connectivity index (χ4n) is 1.18. The predicted octanol–water partition coefficient (Wildman–Crippen LogP) is 0.984. The highest BCUT2D eigenvalue weighted by atomic mass is 32.1. The van der Waals surface area contributed by atoms with Gasteiger partial charge in [0.05, 0.1) is 0 Å². The van der Waals surface area contributed by atoms with Crippen LogP contribution >= 0.6 is 12.6 Å². The van der Waals surface area contributed by atoms with Gasteiger partial charge >= 0.3 is 0 Å². The van der Waals surface area contributed by atoms with Crippen LogP contribution in [0, 0.1) is 0 Å². The summed E-state index contributed by atoms with van der Waals surface area (Å²) in [7, 11) is 0. The molecule has 0 radical (unpaired) electrons. The summed E-state index contributed by atoms with van der Waals surface area (Å²) in [6.07, 6.45) is 4.99. The topological polar surface area (TPSA) is 55.1 Å². The molecule has 0 rings (SSSR count). The molecule has 84 valence electrons. The molecule has 0 unspecified atom stereocenters. The van der Waals surface area contributed by atoms with E-state index in [-0.39, 0.29) is 5.78 Å². The van der Waals surface area contributed by atoms with Gasteiger partial charge in [0.25, 0.3) is 0 Å². The number of ketones is 1. The van der Waals surface area contributed by atoms with Crippen molar-refractivity contribution in [2.75, 3.05) is 25.4 Å². The third kappa shape index (κ3) is 10.0. The van der Waals surface area contributed by atoms with Gasteiger partial charge in [0, 0.05) is 12.2 Å². The second kappa shape index (κ2) is 11.0. The van der Waals surface area contributed by atoms with Crippen LogP contribution in [-0.4, -0.2) is 31.2 Å². The summed E-state index contributed by atoms with van der Waals surface area (Å²) >= 11 is 3.92. The maximum Gasteiger partial charge on any atom is 0.142 e. The molecule has 0 spiro atoms. The Morgan fingerprint density at radius 2 is 1.86 bits per heavy atom. The summed E-state index contributed by atoms with van der Waals surface area (Å²) in [5, 5.41) is 3.31. The van der Waals surface area contributed by atoms with E-state index in [4.69, 9.17) is 5.73 Å². The summed E-state index contributed by atoms with van der Waals surface area (Å²) in [6, 6.07) is 0. The molecule has 0 aromatic carbocycles. The van der Waals surface area contributed by atoms with Crippen LogP contribution in [0.1, 0.15) is 32.1 Å². The Balaban J connectivity index is 2.95. The van der Waals surface area contributed by atoms with Gasteiger partial charge in [-0.25, -0.2) is 0 Å². The summed E-state index contributed by atoms with van der Waals surface area (Å²) < 4.78 is 0. The summed E-state index contributed by atoms with van der Waals surface area (Å²) in [5.41, 5.74) is 5.35. The lowest BCUT2D eigenvalue weighted by Gasteiger charge is -2.02. The molecule has 0 amide bonds.